The molecule has 0 aliphatic heterocycles. The lowest BCUT2D eigenvalue weighted by atomic mass is 9.75. The van der Waals surface area contributed by atoms with E-state index in [0.717, 1.165) is 6.42 Å². The summed E-state index contributed by atoms with van der Waals surface area (Å²) >= 11 is 0. The molecule has 2 aromatic rings. The van der Waals surface area contributed by atoms with Gasteiger partial charge in [0.2, 0.25) is 0 Å². The molecule has 0 bridgehead atoms. The first-order valence-corrected chi connectivity index (χ1v) is 6.80. The number of aryl methyl sites for hydroxylation is 1. The van der Waals surface area contributed by atoms with Gasteiger partial charge in [-0.1, -0.05) is 81.8 Å². The highest BCUT2D eigenvalue weighted by Crippen LogP contribution is 2.33. The Kier molecular flexibility index (Phi) is 3.86. The first kappa shape index (κ1) is 12.9. The molecule has 0 atom stereocenters. The SMILES string of the molecule is CCCc1ccccc1C(C)(C)c1ccccc1. The van der Waals surface area contributed by atoms with Crippen molar-refractivity contribution in [3.63, 3.8) is 0 Å². The zero-order chi connectivity index (χ0) is 13.0. The monoisotopic (exact) mass is 238 g/mol. The van der Waals surface area contributed by atoms with Crippen molar-refractivity contribution in [2.24, 2.45) is 0 Å². The van der Waals surface area contributed by atoms with Crippen molar-refractivity contribution in [2.45, 2.75) is 39.0 Å². The Morgan fingerprint density at radius 2 is 1.44 bits per heavy atom. The fourth-order valence-electron chi connectivity index (χ4n) is 2.63. The summed E-state index contributed by atoms with van der Waals surface area (Å²) in [5.74, 6) is 0. The van der Waals surface area contributed by atoms with Crippen LogP contribution in [0, 0.1) is 0 Å². The Hall–Kier alpha value is -1.56. The second-order valence-electron chi connectivity index (χ2n) is 5.40. The number of benzene rings is 2. The van der Waals surface area contributed by atoms with Gasteiger partial charge >= 0.3 is 0 Å². The van der Waals surface area contributed by atoms with E-state index in [1.807, 2.05) is 0 Å². The minimum atomic E-state index is 0.0764. The molecular weight excluding hydrogens is 216 g/mol. The Bertz CT molecular complexity index is 494. The van der Waals surface area contributed by atoms with E-state index < -0.39 is 0 Å². The topological polar surface area (TPSA) is 0 Å². The van der Waals surface area contributed by atoms with E-state index in [1.165, 1.54) is 23.1 Å². The first-order valence-electron chi connectivity index (χ1n) is 6.80. The van der Waals surface area contributed by atoms with Crippen LogP contribution >= 0.6 is 0 Å². The maximum Gasteiger partial charge on any atom is 0.0149 e. The fourth-order valence-corrected chi connectivity index (χ4v) is 2.63. The molecule has 0 N–H and O–H groups in total. The summed E-state index contributed by atoms with van der Waals surface area (Å²) in [6.07, 6.45) is 2.36. The van der Waals surface area contributed by atoms with Gasteiger partial charge in [-0.15, -0.1) is 0 Å². The number of hydrogen-bond acceptors (Lipinski definition) is 0. The molecule has 0 fully saturated rings. The van der Waals surface area contributed by atoms with Crippen molar-refractivity contribution in [2.75, 3.05) is 0 Å². The van der Waals surface area contributed by atoms with Crippen molar-refractivity contribution in [1.82, 2.24) is 0 Å². The van der Waals surface area contributed by atoms with Gasteiger partial charge in [0.25, 0.3) is 0 Å². The molecule has 0 spiro atoms. The van der Waals surface area contributed by atoms with Crippen LogP contribution in [0.4, 0.5) is 0 Å². The van der Waals surface area contributed by atoms with Crippen LogP contribution in [0.2, 0.25) is 0 Å². The maximum atomic E-state index is 2.32. The molecule has 0 amide bonds. The minimum absolute atomic E-state index is 0.0764. The quantitative estimate of drug-likeness (QED) is 0.706. The molecule has 94 valence electrons. The summed E-state index contributed by atoms with van der Waals surface area (Å²) < 4.78 is 0. The molecule has 0 heteroatoms. The summed E-state index contributed by atoms with van der Waals surface area (Å²) in [6.45, 7) is 6.87. The molecule has 0 saturated heterocycles. The zero-order valence-electron chi connectivity index (χ0n) is 11.6. The van der Waals surface area contributed by atoms with Gasteiger partial charge in [0.15, 0.2) is 0 Å². The molecule has 18 heavy (non-hydrogen) atoms. The number of hydrogen-bond donors (Lipinski definition) is 0. The average Bonchev–Trinajstić information content (AvgIpc) is 2.41. The lowest BCUT2D eigenvalue weighted by Crippen LogP contribution is -2.20. The lowest BCUT2D eigenvalue weighted by molar-refractivity contribution is 0.629. The molecule has 2 rings (SSSR count). The Labute approximate surface area is 111 Å². The van der Waals surface area contributed by atoms with E-state index in [-0.39, 0.29) is 5.41 Å². The van der Waals surface area contributed by atoms with Crippen LogP contribution in [-0.4, -0.2) is 0 Å². The van der Waals surface area contributed by atoms with Gasteiger partial charge in [0, 0.05) is 5.41 Å². The molecule has 0 nitrogen and oxygen atoms in total. The molecule has 0 aliphatic carbocycles. The smallest absolute Gasteiger partial charge is 0.0149 e. The van der Waals surface area contributed by atoms with Gasteiger partial charge in [-0.05, 0) is 23.1 Å². The standard InChI is InChI=1S/C18H22/c1-4-10-15-11-8-9-14-17(15)18(2,3)16-12-6-5-7-13-16/h5-9,11-14H,4,10H2,1-3H3. The third-order valence-corrected chi connectivity index (χ3v) is 3.71. The van der Waals surface area contributed by atoms with Crippen LogP contribution < -0.4 is 0 Å². The van der Waals surface area contributed by atoms with Crippen LogP contribution in [0.15, 0.2) is 54.6 Å². The molecule has 0 aromatic heterocycles. The van der Waals surface area contributed by atoms with Crippen molar-refractivity contribution in [3.05, 3.63) is 71.3 Å². The van der Waals surface area contributed by atoms with E-state index in [2.05, 4.69) is 75.4 Å². The molecule has 0 saturated carbocycles. The summed E-state index contributed by atoms with van der Waals surface area (Å²) in [7, 11) is 0. The Morgan fingerprint density at radius 1 is 0.833 bits per heavy atom. The molecule has 0 unspecified atom stereocenters. The minimum Gasteiger partial charge on any atom is -0.0651 e. The van der Waals surface area contributed by atoms with E-state index in [4.69, 9.17) is 0 Å². The highest BCUT2D eigenvalue weighted by molar-refractivity contribution is 5.42. The molecule has 2 aromatic carbocycles. The van der Waals surface area contributed by atoms with E-state index in [1.54, 1.807) is 0 Å². The highest BCUT2D eigenvalue weighted by atomic mass is 14.3. The summed E-state index contributed by atoms with van der Waals surface area (Å²) in [4.78, 5) is 0. The molecule has 0 aliphatic rings. The normalized spacial score (nSPS) is 11.5. The largest absolute Gasteiger partial charge is 0.0651 e. The maximum absolute atomic E-state index is 2.32. The van der Waals surface area contributed by atoms with Crippen LogP contribution in [0.5, 0.6) is 0 Å². The van der Waals surface area contributed by atoms with E-state index in [9.17, 15) is 0 Å². The van der Waals surface area contributed by atoms with Gasteiger partial charge in [0.05, 0.1) is 0 Å². The molecule has 0 heterocycles. The predicted octanol–water partition coefficient (Wildman–Crippen LogP) is 4.97. The Morgan fingerprint density at radius 3 is 2.11 bits per heavy atom. The number of rotatable bonds is 4. The van der Waals surface area contributed by atoms with Crippen molar-refractivity contribution < 1.29 is 0 Å². The third kappa shape index (κ3) is 2.48. The van der Waals surface area contributed by atoms with Crippen molar-refractivity contribution >= 4 is 0 Å². The average molecular weight is 238 g/mol. The van der Waals surface area contributed by atoms with Crippen LogP contribution in [0.25, 0.3) is 0 Å². The van der Waals surface area contributed by atoms with Crippen molar-refractivity contribution in [1.29, 1.82) is 0 Å². The van der Waals surface area contributed by atoms with Crippen LogP contribution in [0.3, 0.4) is 0 Å². The van der Waals surface area contributed by atoms with Gasteiger partial charge in [-0.3, -0.25) is 0 Å². The summed E-state index contributed by atoms with van der Waals surface area (Å²) in [5.41, 5.74) is 4.40. The Balaban J connectivity index is 2.47. The summed E-state index contributed by atoms with van der Waals surface area (Å²) in [6, 6.07) is 19.6. The fraction of sp³-hybridized carbons (Fsp3) is 0.333. The van der Waals surface area contributed by atoms with E-state index in [0.29, 0.717) is 0 Å². The highest BCUT2D eigenvalue weighted by Gasteiger charge is 2.24. The van der Waals surface area contributed by atoms with Crippen LogP contribution in [0.1, 0.15) is 43.9 Å². The molecular formula is C18H22. The van der Waals surface area contributed by atoms with E-state index >= 15 is 0 Å². The zero-order valence-corrected chi connectivity index (χ0v) is 11.6. The predicted molar refractivity (Wildman–Crippen MR) is 79.0 cm³/mol. The second-order valence-corrected chi connectivity index (χ2v) is 5.40. The van der Waals surface area contributed by atoms with Gasteiger partial charge < -0.3 is 0 Å². The summed E-state index contributed by atoms with van der Waals surface area (Å²) in [5, 5.41) is 0. The van der Waals surface area contributed by atoms with Crippen LogP contribution in [-0.2, 0) is 11.8 Å². The van der Waals surface area contributed by atoms with Gasteiger partial charge in [0.1, 0.15) is 0 Å². The van der Waals surface area contributed by atoms with Gasteiger partial charge in [-0.25, -0.2) is 0 Å². The first-order chi connectivity index (χ1) is 8.66. The van der Waals surface area contributed by atoms with Gasteiger partial charge in [-0.2, -0.15) is 0 Å². The third-order valence-electron chi connectivity index (χ3n) is 3.71. The second kappa shape index (κ2) is 5.39. The lowest BCUT2D eigenvalue weighted by Gasteiger charge is -2.28. The van der Waals surface area contributed by atoms with Crippen molar-refractivity contribution in [3.8, 4) is 0 Å². The molecule has 0 radical (unpaired) electrons.